The van der Waals surface area contributed by atoms with Gasteiger partial charge in [0.1, 0.15) is 11.3 Å². The molecular weight excluding hydrogens is 498 g/mol. The van der Waals surface area contributed by atoms with Crippen LogP contribution in [0.2, 0.25) is 0 Å². The van der Waals surface area contributed by atoms with Gasteiger partial charge in [-0.2, -0.15) is 0 Å². The molecule has 2 aromatic heterocycles. The molecule has 7 nitrogen and oxygen atoms in total. The highest BCUT2D eigenvalue weighted by Crippen LogP contribution is 2.24. The van der Waals surface area contributed by atoms with Gasteiger partial charge in [-0.3, -0.25) is 4.79 Å². The summed E-state index contributed by atoms with van der Waals surface area (Å²) >= 11 is 0. The van der Waals surface area contributed by atoms with Gasteiger partial charge in [0.15, 0.2) is 17.3 Å². The molecule has 0 radical (unpaired) electrons. The number of carbonyl (C=O) groups excluding carboxylic acids is 1. The van der Waals surface area contributed by atoms with Crippen LogP contribution in [0.4, 0.5) is 14.5 Å². The first-order chi connectivity index (χ1) is 18.8. The van der Waals surface area contributed by atoms with Crippen molar-refractivity contribution in [1.82, 2.24) is 24.8 Å². The summed E-state index contributed by atoms with van der Waals surface area (Å²) < 4.78 is 29.1. The van der Waals surface area contributed by atoms with Gasteiger partial charge < -0.3 is 19.7 Å². The van der Waals surface area contributed by atoms with E-state index >= 15 is 0 Å². The number of aryl methyl sites for hydroxylation is 1. The van der Waals surface area contributed by atoms with Gasteiger partial charge in [-0.25, -0.2) is 18.7 Å². The van der Waals surface area contributed by atoms with Gasteiger partial charge in [-0.1, -0.05) is 18.2 Å². The Morgan fingerprint density at radius 3 is 2.64 bits per heavy atom. The lowest BCUT2D eigenvalue weighted by Crippen LogP contribution is -2.31. The molecule has 0 aliphatic carbocycles. The van der Waals surface area contributed by atoms with E-state index in [2.05, 4.69) is 63.4 Å². The Bertz CT molecular complexity index is 1450. The maximum Gasteiger partial charge on any atom is 0.220 e. The summed E-state index contributed by atoms with van der Waals surface area (Å²) in [5, 5.41) is 3.09. The largest absolute Gasteiger partial charge is 0.370 e. The Morgan fingerprint density at radius 2 is 1.92 bits per heavy atom. The third-order valence-corrected chi connectivity index (χ3v) is 7.51. The minimum Gasteiger partial charge on any atom is -0.370 e. The molecule has 3 heterocycles. The zero-order chi connectivity index (χ0) is 27.5. The van der Waals surface area contributed by atoms with Crippen molar-refractivity contribution in [2.45, 2.75) is 44.8 Å². The number of pyridine rings is 1. The number of nitrogens with one attached hydrogen (secondary N) is 1. The molecule has 5 rings (SSSR count). The lowest BCUT2D eigenvalue weighted by Gasteiger charge is -2.22. The topological polar surface area (TPSA) is 66.3 Å². The minimum absolute atomic E-state index is 0.0839. The van der Waals surface area contributed by atoms with Crippen molar-refractivity contribution in [3.63, 3.8) is 0 Å². The van der Waals surface area contributed by atoms with E-state index in [-0.39, 0.29) is 24.9 Å². The van der Waals surface area contributed by atoms with Crippen molar-refractivity contribution < 1.29 is 13.6 Å². The Balaban J connectivity index is 1.22. The van der Waals surface area contributed by atoms with Crippen molar-refractivity contribution in [2.75, 3.05) is 32.1 Å². The normalized spacial score (nSPS) is 16.3. The number of rotatable bonds is 9. The fraction of sp³-hybridized carbons (Fsp3) is 0.367. The number of hydrogen-bond acceptors (Lipinski definition) is 5. The summed E-state index contributed by atoms with van der Waals surface area (Å²) in [5.74, 6) is -1.20. The van der Waals surface area contributed by atoms with Gasteiger partial charge in [0.25, 0.3) is 0 Å². The van der Waals surface area contributed by atoms with Crippen LogP contribution in [0, 0.1) is 11.6 Å². The molecule has 0 saturated carbocycles. The average Bonchev–Trinajstić information content (AvgIpc) is 3.56. The lowest BCUT2D eigenvalue weighted by atomic mass is 10.1. The standard InChI is InChI=1S/C30H34F2N6O/c1-20(22-7-9-23(10-8-22)37-16-14-24(19-37)36(2)3)34-29(39)13-12-28-35-27-5-4-15-33-30(27)38(28)18-21-6-11-25(31)26(32)17-21/h4-11,15,17,20,24H,12-14,16,18-19H2,1-3H3,(H,34,39)/t20-,24?/m0/s1. The molecule has 2 atom stereocenters. The maximum absolute atomic E-state index is 13.8. The number of hydrogen-bond donors (Lipinski definition) is 1. The van der Waals surface area contributed by atoms with E-state index in [4.69, 9.17) is 0 Å². The first-order valence-electron chi connectivity index (χ1n) is 13.3. The van der Waals surface area contributed by atoms with E-state index in [9.17, 15) is 13.6 Å². The van der Waals surface area contributed by atoms with Gasteiger partial charge in [-0.15, -0.1) is 0 Å². The fourth-order valence-corrected chi connectivity index (χ4v) is 5.18. The molecule has 204 valence electrons. The highest BCUT2D eigenvalue weighted by molar-refractivity contribution is 5.77. The van der Waals surface area contributed by atoms with Crippen LogP contribution in [0.3, 0.4) is 0 Å². The highest BCUT2D eigenvalue weighted by atomic mass is 19.2. The fourth-order valence-electron chi connectivity index (χ4n) is 5.18. The van der Waals surface area contributed by atoms with Crippen molar-refractivity contribution in [3.05, 3.63) is 89.4 Å². The van der Waals surface area contributed by atoms with Gasteiger partial charge in [-0.05, 0) is 75.0 Å². The summed E-state index contributed by atoms with van der Waals surface area (Å²) in [6.07, 6.45) is 3.45. The summed E-state index contributed by atoms with van der Waals surface area (Å²) in [7, 11) is 4.25. The first-order valence-corrected chi connectivity index (χ1v) is 13.3. The van der Waals surface area contributed by atoms with Crippen LogP contribution in [0.15, 0.2) is 60.8 Å². The van der Waals surface area contributed by atoms with Crippen LogP contribution in [-0.4, -0.2) is 58.6 Å². The van der Waals surface area contributed by atoms with Gasteiger partial charge >= 0.3 is 0 Å². The number of anilines is 1. The maximum atomic E-state index is 13.8. The molecule has 0 spiro atoms. The van der Waals surface area contributed by atoms with E-state index in [0.717, 1.165) is 31.1 Å². The average molecular weight is 533 g/mol. The Hall–Kier alpha value is -3.85. The van der Waals surface area contributed by atoms with Crippen molar-refractivity contribution in [2.24, 2.45) is 0 Å². The Labute approximate surface area is 227 Å². The quantitative estimate of drug-likeness (QED) is 0.338. The molecule has 1 saturated heterocycles. The SMILES string of the molecule is C[C@H](NC(=O)CCc1nc2cccnc2n1Cc1ccc(F)c(F)c1)c1ccc(N2CCC(N(C)C)C2)cc1. The predicted octanol–water partition coefficient (Wildman–Crippen LogP) is 4.71. The monoisotopic (exact) mass is 532 g/mol. The molecule has 1 aliphatic heterocycles. The van der Waals surface area contributed by atoms with Crippen LogP contribution in [0.1, 0.15) is 42.8 Å². The number of halogens is 2. The number of likely N-dealkylation sites (N-methyl/N-ethyl adjacent to an activating group) is 1. The zero-order valence-electron chi connectivity index (χ0n) is 22.6. The molecule has 9 heteroatoms. The van der Waals surface area contributed by atoms with E-state index in [1.54, 1.807) is 18.3 Å². The zero-order valence-corrected chi connectivity index (χ0v) is 22.6. The summed E-state index contributed by atoms with van der Waals surface area (Å²) in [5.41, 5.74) is 4.17. The molecule has 1 unspecified atom stereocenters. The number of aromatic nitrogens is 3. The van der Waals surface area contributed by atoms with E-state index in [0.29, 0.717) is 35.0 Å². The molecule has 1 fully saturated rings. The van der Waals surface area contributed by atoms with E-state index < -0.39 is 11.6 Å². The van der Waals surface area contributed by atoms with E-state index in [1.807, 2.05) is 17.6 Å². The van der Waals surface area contributed by atoms with Gasteiger partial charge in [0.2, 0.25) is 5.91 Å². The third-order valence-electron chi connectivity index (χ3n) is 7.51. The Morgan fingerprint density at radius 1 is 1.13 bits per heavy atom. The lowest BCUT2D eigenvalue weighted by molar-refractivity contribution is -0.121. The van der Waals surface area contributed by atoms with Crippen LogP contribution in [-0.2, 0) is 17.8 Å². The molecule has 4 aromatic rings. The number of benzene rings is 2. The first kappa shape index (κ1) is 26.7. The third kappa shape index (κ3) is 6.09. The number of fused-ring (bicyclic) bond motifs is 1. The van der Waals surface area contributed by atoms with E-state index in [1.165, 1.54) is 11.8 Å². The van der Waals surface area contributed by atoms with Crippen molar-refractivity contribution >= 4 is 22.8 Å². The summed E-state index contributed by atoms with van der Waals surface area (Å²) in [4.78, 5) is 26.6. The van der Waals surface area contributed by atoms with Crippen molar-refractivity contribution in [3.8, 4) is 0 Å². The summed E-state index contributed by atoms with van der Waals surface area (Å²) in [6.45, 7) is 4.32. The molecular formula is C30H34F2N6O. The molecule has 2 aromatic carbocycles. The van der Waals surface area contributed by atoms with Gasteiger partial charge in [0.05, 0.1) is 12.6 Å². The van der Waals surface area contributed by atoms with Gasteiger partial charge in [0, 0.05) is 43.9 Å². The second-order valence-corrected chi connectivity index (χ2v) is 10.4. The van der Waals surface area contributed by atoms with Crippen LogP contribution >= 0.6 is 0 Å². The van der Waals surface area contributed by atoms with Crippen LogP contribution in [0.5, 0.6) is 0 Å². The molecule has 1 N–H and O–H groups in total. The molecule has 1 amide bonds. The number of amides is 1. The number of nitrogens with zero attached hydrogens (tertiary/aromatic N) is 5. The van der Waals surface area contributed by atoms with Crippen LogP contribution in [0.25, 0.3) is 11.2 Å². The second-order valence-electron chi connectivity index (χ2n) is 10.4. The molecule has 39 heavy (non-hydrogen) atoms. The Kier molecular flexibility index (Phi) is 7.88. The molecule has 1 aliphatic rings. The smallest absolute Gasteiger partial charge is 0.220 e. The van der Waals surface area contributed by atoms with Crippen molar-refractivity contribution in [1.29, 1.82) is 0 Å². The minimum atomic E-state index is -0.897. The second kappa shape index (κ2) is 11.5. The number of imidazole rings is 1. The molecule has 0 bridgehead atoms. The summed E-state index contributed by atoms with van der Waals surface area (Å²) in [6, 6.07) is 16.3. The predicted molar refractivity (Wildman–Crippen MR) is 149 cm³/mol. The van der Waals surface area contributed by atoms with Crippen LogP contribution < -0.4 is 10.2 Å². The highest BCUT2D eigenvalue weighted by Gasteiger charge is 2.24. The number of carbonyl (C=O) groups is 1.